The van der Waals surface area contributed by atoms with Crippen molar-refractivity contribution in [1.82, 2.24) is 10.2 Å². The molecule has 3 rings (SSSR count). The molecule has 0 aliphatic carbocycles. The number of aliphatic hydroxyl groups excluding tert-OH is 1. The topological polar surface area (TPSA) is 114 Å². The predicted octanol–water partition coefficient (Wildman–Crippen LogP) is 0.704. The van der Waals surface area contributed by atoms with Gasteiger partial charge in [0.2, 0.25) is 5.75 Å². The van der Waals surface area contributed by atoms with Crippen LogP contribution >= 0.6 is 0 Å². The van der Waals surface area contributed by atoms with Crippen LogP contribution in [0.15, 0.2) is 12.1 Å². The number of methoxy groups -OCH3 is 1. The molecule has 174 valence electrons. The lowest BCUT2D eigenvalue weighted by Crippen LogP contribution is -2.48. The number of aliphatic hydroxyl groups is 1. The first-order valence-electron chi connectivity index (χ1n) is 10.6. The fourth-order valence-electron chi connectivity index (χ4n) is 3.93. The summed E-state index contributed by atoms with van der Waals surface area (Å²) in [4.78, 5) is 14.9. The Bertz CT molecular complexity index is 875. The fourth-order valence-corrected chi connectivity index (χ4v) is 4.58. The molecule has 2 atom stereocenters. The van der Waals surface area contributed by atoms with Crippen LogP contribution in [0.25, 0.3) is 0 Å². The number of β-amino-alcohol motifs (C(OH)–C–C–N with tert-alkyl or cyclic N) is 1. The maximum absolute atomic E-state index is 12.8. The summed E-state index contributed by atoms with van der Waals surface area (Å²) in [6.07, 6.45) is 2.64. The molecule has 9 nitrogen and oxygen atoms in total. The molecule has 1 saturated heterocycles. The molecule has 2 N–H and O–H groups in total. The number of carbonyl (C=O) groups excluding carboxylic acids is 1. The normalized spacial score (nSPS) is 21.9. The predicted molar refractivity (Wildman–Crippen MR) is 116 cm³/mol. The monoisotopic (exact) mass is 456 g/mol. The van der Waals surface area contributed by atoms with Gasteiger partial charge in [0.25, 0.3) is 5.91 Å². The quantitative estimate of drug-likeness (QED) is 0.588. The van der Waals surface area contributed by atoms with Crippen molar-refractivity contribution in [2.24, 2.45) is 5.92 Å². The number of ether oxygens (including phenoxy) is 3. The van der Waals surface area contributed by atoms with Gasteiger partial charge in [-0.1, -0.05) is 0 Å². The van der Waals surface area contributed by atoms with E-state index in [9.17, 15) is 18.3 Å². The molecule has 1 aromatic carbocycles. The van der Waals surface area contributed by atoms with Crippen molar-refractivity contribution in [3.05, 3.63) is 17.7 Å². The van der Waals surface area contributed by atoms with Crippen LogP contribution < -0.4 is 19.5 Å². The van der Waals surface area contributed by atoms with Crippen LogP contribution in [0.5, 0.6) is 17.2 Å². The number of amides is 1. The average molecular weight is 457 g/mol. The molecule has 0 radical (unpaired) electrons. The van der Waals surface area contributed by atoms with Crippen LogP contribution in [0.4, 0.5) is 0 Å². The number of piperidine rings is 1. The minimum atomic E-state index is -2.97. The third-order valence-electron chi connectivity index (χ3n) is 5.64. The molecule has 2 aliphatic heterocycles. The Morgan fingerprint density at radius 3 is 2.71 bits per heavy atom. The maximum atomic E-state index is 12.8. The molecule has 0 bridgehead atoms. The second-order valence-electron chi connectivity index (χ2n) is 8.13. The standard InChI is InChI=1S/C21H32N2O7S/c1-28-18-6-5-16(19-20(18)30-11-4-10-29-19)21(25)22-13-15-7-9-23(14-17(15)24)8-3-12-31(2,26)27/h5-6,15,17,24H,3-4,7-14H2,1-2H3,(H,22,25)/t15-,17+/m0/s1. The highest BCUT2D eigenvalue weighted by molar-refractivity contribution is 7.90. The smallest absolute Gasteiger partial charge is 0.255 e. The van der Waals surface area contributed by atoms with Gasteiger partial charge in [0.05, 0.1) is 37.7 Å². The van der Waals surface area contributed by atoms with Crippen molar-refractivity contribution < 1.29 is 32.5 Å². The van der Waals surface area contributed by atoms with Crippen LogP contribution in [0, 0.1) is 5.92 Å². The highest BCUT2D eigenvalue weighted by Crippen LogP contribution is 2.41. The zero-order valence-electron chi connectivity index (χ0n) is 18.1. The zero-order chi connectivity index (χ0) is 22.4. The fraction of sp³-hybridized carbons (Fsp3) is 0.667. The second-order valence-corrected chi connectivity index (χ2v) is 10.4. The van der Waals surface area contributed by atoms with Crippen LogP contribution in [-0.2, 0) is 9.84 Å². The maximum Gasteiger partial charge on any atom is 0.255 e. The van der Waals surface area contributed by atoms with Crippen LogP contribution in [0.2, 0.25) is 0 Å². The van der Waals surface area contributed by atoms with E-state index in [-0.39, 0.29) is 17.6 Å². The van der Waals surface area contributed by atoms with Crippen molar-refractivity contribution in [2.45, 2.75) is 25.4 Å². The largest absolute Gasteiger partial charge is 0.493 e. The minimum Gasteiger partial charge on any atom is -0.493 e. The minimum absolute atomic E-state index is 0.0656. The number of nitrogens with zero attached hydrogens (tertiary/aromatic N) is 1. The molecular formula is C21H32N2O7S. The number of carbonyl (C=O) groups is 1. The Kier molecular flexibility index (Phi) is 8.01. The number of sulfone groups is 1. The summed E-state index contributed by atoms with van der Waals surface area (Å²) in [5.41, 5.74) is 0.380. The van der Waals surface area contributed by atoms with E-state index >= 15 is 0 Å². The van der Waals surface area contributed by atoms with Gasteiger partial charge in [0, 0.05) is 31.7 Å². The number of rotatable bonds is 8. The van der Waals surface area contributed by atoms with Crippen molar-refractivity contribution >= 4 is 15.7 Å². The SMILES string of the molecule is COc1ccc(C(=O)NC[C@@H]2CCN(CCCS(C)(=O)=O)C[C@H]2O)c2c1OCCCO2. The molecule has 0 unspecified atom stereocenters. The van der Waals surface area contributed by atoms with Crippen molar-refractivity contribution in [1.29, 1.82) is 0 Å². The number of nitrogens with one attached hydrogen (secondary N) is 1. The van der Waals surface area contributed by atoms with Crippen molar-refractivity contribution in [2.75, 3.05) is 58.5 Å². The lowest BCUT2D eigenvalue weighted by atomic mass is 9.93. The molecule has 0 aromatic heterocycles. The third-order valence-corrected chi connectivity index (χ3v) is 6.67. The first-order valence-corrected chi connectivity index (χ1v) is 12.7. The molecule has 31 heavy (non-hydrogen) atoms. The van der Waals surface area contributed by atoms with Gasteiger partial charge in [-0.2, -0.15) is 0 Å². The molecule has 0 spiro atoms. The number of hydrogen-bond acceptors (Lipinski definition) is 8. The van der Waals surface area contributed by atoms with Crippen molar-refractivity contribution in [3.63, 3.8) is 0 Å². The summed E-state index contributed by atoms with van der Waals surface area (Å²) in [6, 6.07) is 3.34. The van der Waals surface area contributed by atoms with E-state index in [4.69, 9.17) is 14.2 Å². The Morgan fingerprint density at radius 2 is 2.03 bits per heavy atom. The van der Waals surface area contributed by atoms with Gasteiger partial charge in [-0.3, -0.25) is 4.79 Å². The van der Waals surface area contributed by atoms with E-state index in [1.165, 1.54) is 6.26 Å². The lowest BCUT2D eigenvalue weighted by molar-refractivity contribution is 0.0223. The molecular weight excluding hydrogens is 424 g/mol. The van der Waals surface area contributed by atoms with E-state index in [1.54, 1.807) is 19.2 Å². The summed E-state index contributed by atoms with van der Waals surface area (Å²) in [5.74, 6) is 1.14. The Hall–Kier alpha value is -2.04. The van der Waals surface area contributed by atoms with Crippen molar-refractivity contribution in [3.8, 4) is 17.2 Å². The van der Waals surface area contributed by atoms with Crippen LogP contribution in [-0.4, -0.2) is 88.9 Å². The molecule has 2 aliphatic rings. The average Bonchev–Trinajstić information content (AvgIpc) is 2.97. The summed E-state index contributed by atoms with van der Waals surface area (Å²) in [5, 5.41) is 13.4. The highest BCUT2D eigenvalue weighted by atomic mass is 32.2. The second kappa shape index (κ2) is 10.5. The van der Waals surface area contributed by atoms with Gasteiger partial charge in [0.1, 0.15) is 9.84 Å². The number of hydrogen-bond donors (Lipinski definition) is 2. The van der Waals surface area contributed by atoms with E-state index in [1.807, 2.05) is 0 Å². The lowest BCUT2D eigenvalue weighted by Gasteiger charge is -2.36. The third kappa shape index (κ3) is 6.47. The van der Waals surface area contributed by atoms with Gasteiger partial charge in [-0.25, -0.2) is 8.42 Å². The van der Waals surface area contributed by atoms with E-state index in [2.05, 4.69) is 10.2 Å². The van der Waals surface area contributed by atoms with E-state index in [0.717, 1.165) is 13.0 Å². The molecule has 1 amide bonds. The molecule has 10 heteroatoms. The highest BCUT2D eigenvalue weighted by Gasteiger charge is 2.29. The van der Waals surface area contributed by atoms with Crippen LogP contribution in [0.1, 0.15) is 29.6 Å². The molecule has 2 heterocycles. The first kappa shape index (κ1) is 23.6. The van der Waals surface area contributed by atoms with E-state index < -0.39 is 15.9 Å². The van der Waals surface area contributed by atoms with Gasteiger partial charge in [-0.05, 0) is 38.1 Å². The van der Waals surface area contributed by atoms with Gasteiger partial charge >= 0.3 is 0 Å². The summed E-state index contributed by atoms with van der Waals surface area (Å²) in [6.45, 7) is 3.16. The molecule has 1 fully saturated rings. The summed E-state index contributed by atoms with van der Waals surface area (Å²) >= 11 is 0. The molecule has 1 aromatic rings. The number of benzene rings is 1. The molecule has 0 saturated carbocycles. The first-order chi connectivity index (χ1) is 14.8. The Balaban J connectivity index is 1.54. The van der Waals surface area contributed by atoms with Gasteiger partial charge < -0.3 is 29.5 Å². The van der Waals surface area contributed by atoms with E-state index in [0.29, 0.717) is 68.5 Å². The number of fused-ring (bicyclic) bond motifs is 1. The van der Waals surface area contributed by atoms with Gasteiger partial charge in [-0.15, -0.1) is 0 Å². The summed E-state index contributed by atoms with van der Waals surface area (Å²) < 4.78 is 39.3. The number of likely N-dealkylation sites (tertiary alicyclic amines) is 1. The Morgan fingerprint density at radius 1 is 1.29 bits per heavy atom. The Labute approximate surface area is 183 Å². The summed E-state index contributed by atoms with van der Waals surface area (Å²) in [7, 11) is -1.43. The van der Waals surface area contributed by atoms with Gasteiger partial charge in [0.15, 0.2) is 11.5 Å². The zero-order valence-corrected chi connectivity index (χ0v) is 18.9. The van der Waals surface area contributed by atoms with Crippen LogP contribution in [0.3, 0.4) is 0 Å².